The molecule has 0 radical (unpaired) electrons. The van der Waals surface area contributed by atoms with E-state index in [0.717, 1.165) is 12.2 Å². The first-order valence-electron chi connectivity index (χ1n) is 6.31. The van der Waals surface area contributed by atoms with Gasteiger partial charge < -0.3 is 19.4 Å². The van der Waals surface area contributed by atoms with E-state index < -0.39 is 7.82 Å². The Morgan fingerprint density at radius 1 is 1.00 bits per heavy atom. The first kappa shape index (κ1) is 19.1. The van der Waals surface area contributed by atoms with E-state index in [4.69, 9.17) is 24.0 Å². The maximum atomic E-state index is 8.88. The predicted octanol–water partition coefficient (Wildman–Crippen LogP) is 3.35. The lowest BCUT2D eigenvalue weighted by atomic mass is 9.83. The van der Waals surface area contributed by atoms with Crippen molar-refractivity contribution in [3.8, 4) is 5.75 Å². The van der Waals surface area contributed by atoms with Gasteiger partial charge in [0.05, 0.1) is 0 Å². The summed E-state index contributed by atoms with van der Waals surface area (Å²) in [5.41, 5.74) is 0.178. The summed E-state index contributed by atoms with van der Waals surface area (Å²) >= 11 is 0. The van der Waals surface area contributed by atoms with E-state index in [0.29, 0.717) is 0 Å². The summed E-state index contributed by atoms with van der Waals surface area (Å²) in [5.74, 6) is 0.951. The molecule has 3 N–H and O–H groups in total. The van der Waals surface area contributed by atoms with E-state index in [2.05, 4.69) is 34.6 Å². The quantitative estimate of drug-likeness (QED) is 0.745. The van der Waals surface area contributed by atoms with Gasteiger partial charge in [-0.05, 0) is 37.8 Å². The van der Waals surface area contributed by atoms with Gasteiger partial charge in [-0.15, -0.1) is 0 Å². The minimum atomic E-state index is -4.64. The zero-order valence-corrected chi connectivity index (χ0v) is 13.6. The van der Waals surface area contributed by atoms with Gasteiger partial charge in [0.2, 0.25) is 0 Å². The zero-order valence-electron chi connectivity index (χ0n) is 12.7. The van der Waals surface area contributed by atoms with Gasteiger partial charge >= 0.3 is 7.82 Å². The molecule has 0 fully saturated rings. The minimum absolute atomic E-state index is 0.112. The van der Waals surface area contributed by atoms with Crippen molar-refractivity contribution < 1.29 is 24.0 Å². The minimum Gasteiger partial charge on any atom is -0.488 e. The molecule has 0 amide bonds. The highest BCUT2D eigenvalue weighted by molar-refractivity contribution is 7.45. The molecule has 0 unspecified atom stereocenters. The van der Waals surface area contributed by atoms with Gasteiger partial charge in [0.1, 0.15) is 11.4 Å². The number of para-hydroxylation sites is 1. The van der Waals surface area contributed by atoms with Gasteiger partial charge in [-0.2, -0.15) is 0 Å². The molecule has 0 atom stereocenters. The lowest BCUT2D eigenvalue weighted by Crippen LogP contribution is -2.33. The molecule has 0 saturated heterocycles. The molecular formula is C14H25O5P. The Kier molecular flexibility index (Phi) is 6.91. The van der Waals surface area contributed by atoms with Crippen LogP contribution in [0.15, 0.2) is 30.3 Å². The van der Waals surface area contributed by atoms with Crippen LogP contribution in [-0.2, 0) is 4.57 Å². The fraction of sp³-hybridized carbons (Fsp3) is 0.571. The van der Waals surface area contributed by atoms with Crippen molar-refractivity contribution in [2.75, 3.05) is 0 Å². The van der Waals surface area contributed by atoms with Crippen molar-refractivity contribution in [1.82, 2.24) is 0 Å². The van der Waals surface area contributed by atoms with E-state index in [9.17, 15) is 0 Å². The highest BCUT2D eigenvalue weighted by Gasteiger charge is 2.26. The number of hydrogen-bond acceptors (Lipinski definition) is 2. The molecule has 0 aliphatic carbocycles. The smallest absolute Gasteiger partial charge is 0.466 e. The van der Waals surface area contributed by atoms with E-state index >= 15 is 0 Å². The van der Waals surface area contributed by atoms with Crippen LogP contribution in [0.2, 0.25) is 0 Å². The van der Waals surface area contributed by atoms with E-state index in [-0.39, 0.29) is 11.0 Å². The highest BCUT2D eigenvalue weighted by atomic mass is 31.2. The van der Waals surface area contributed by atoms with Gasteiger partial charge in [-0.25, -0.2) is 4.57 Å². The third kappa shape index (κ3) is 13.6. The van der Waals surface area contributed by atoms with Crippen molar-refractivity contribution in [1.29, 1.82) is 0 Å². The Morgan fingerprint density at radius 2 is 1.40 bits per heavy atom. The summed E-state index contributed by atoms with van der Waals surface area (Å²) in [4.78, 5) is 21.6. The van der Waals surface area contributed by atoms with Crippen molar-refractivity contribution >= 4 is 7.82 Å². The molecule has 0 saturated carbocycles. The topological polar surface area (TPSA) is 87.0 Å². The molecule has 0 heterocycles. The summed E-state index contributed by atoms with van der Waals surface area (Å²) in [6.45, 7) is 11.0. The van der Waals surface area contributed by atoms with Crippen LogP contribution in [0.3, 0.4) is 0 Å². The summed E-state index contributed by atoms with van der Waals surface area (Å²) in [7, 11) is -4.64. The molecule has 0 aliphatic rings. The summed E-state index contributed by atoms with van der Waals surface area (Å²) in [6.07, 6.45) is 1.04. The predicted molar refractivity (Wildman–Crippen MR) is 79.5 cm³/mol. The first-order chi connectivity index (χ1) is 8.79. The van der Waals surface area contributed by atoms with Crippen LogP contribution in [0.4, 0.5) is 0 Å². The first-order valence-corrected chi connectivity index (χ1v) is 7.87. The van der Waals surface area contributed by atoms with Gasteiger partial charge in [0, 0.05) is 0 Å². The molecule has 0 bridgehead atoms. The Bertz CT molecular complexity index is 422. The maximum Gasteiger partial charge on any atom is 0.466 e. The Morgan fingerprint density at radius 3 is 1.75 bits per heavy atom. The second-order valence-corrected chi connectivity index (χ2v) is 7.45. The molecule has 1 aromatic carbocycles. The SMILES string of the molecule is CC(C)(C)CC(C)(C)Oc1ccccc1.O=P(O)(O)O. The average molecular weight is 304 g/mol. The van der Waals surface area contributed by atoms with E-state index in [1.54, 1.807) is 0 Å². The summed E-state index contributed by atoms with van der Waals surface area (Å²) < 4.78 is 14.9. The van der Waals surface area contributed by atoms with Crippen LogP contribution >= 0.6 is 7.82 Å². The normalized spacial score (nSPS) is 12.4. The van der Waals surface area contributed by atoms with Crippen LogP contribution in [0.25, 0.3) is 0 Å². The number of benzene rings is 1. The molecule has 20 heavy (non-hydrogen) atoms. The average Bonchev–Trinajstić information content (AvgIpc) is 2.10. The molecular weight excluding hydrogens is 279 g/mol. The zero-order chi connectivity index (χ0) is 16.0. The number of ether oxygens (including phenoxy) is 1. The second-order valence-electron chi connectivity index (χ2n) is 6.43. The van der Waals surface area contributed by atoms with Crippen LogP contribution in [0.5, 0.6) is 5.75 Å². The van der Waals surface area contributed by atoms with Gasteiger partial charge in [-0.3, -0.25) is 0 Å². The Balaban J connectivity index is 0.000000621. The summed E-state index contributed by atoms with van der Waals surface area (Å²) in [5, 5.41) is 0. The fourth-order valence-corrected chi connectivity index (χ4v) is 2.12. The van der Waals surface area contributed by atoms with Crippen molar-refractivity contribution in [2.45, 2.75) is 46.6 Å². The van der Waals surface area contributed by atoms with E-state index in [1.807, 2.05) is 30.3 Å². The molecule has 5 nitrogen and oxygen atoms in total. The van der Waals surface area contributed by atoms with Crippen LogP contribution in [0, 0.1) is 5.41 Å². The third-order valence-electron chi connectivity index (χ3n) is 2.09. The van der Waals surface area contributed by atoms with Crippen LogP contribution in [0.1, 0.15) is 41.0 Å². The molecule has 1 rings (SSSR count). The van der Waals surface area contributed by atoms with Gasteiger partial charge in [0.15, 0.2) is 0 Å². The molecule has 0 aromatic heterocycles. The lowest BCUT2D eigenvalue weighted by molar-refractivity contribution is 0.0622. The Labute approximate surface area is 120 Å². The van der Waals surface area contributed by atoms with Crippen molar-refractivity contribution in [2.24, 2.45) is 5.41 Å². The third-order valence-corrected chi connectivity index (χ3v) is 2.09. The molecule has 116 valence electrons. The lowest BCUT2D eigenvalue weighted by Gasteiger charge is -2.33. The van der Waals surface area contributed by atoms with Crippen LogP contribution < -0.4 is 4.74 Å². The van der Waals surface area contributed by atoms with E-state index in [1.165, 1.54) is 0 Å². The molecule has 0 aliphatic heterocycles. The van der Waals surface area contributed by atoms with Crippen molar-refractivity contribution in [3.63, 3.8) is 0 Å². The molecule has 0 spiro atoms. The van der Waals surface area contributed by atoms with Gasteiger partial charge in [-0.1, -0.05) is 39.0 Å². The Hall–Kier alpha value is -0.870. The molecule has 6 heteroatoms. The van der Waals surface area contributed by atoms with Crippen LogP contribution in [-0.4, -0.2) is 20.3 Å². The second kappa shape index (κ2) is 7.23. The largest absolute Gasteiger partial charge is 0.488 e. The summed E-state index contributed by atoms with van der Waals surface area (Å²) in [6, 6.07) is 10.0. The maximum absolute atomic E-state index is 8.88. The fourth-order valence-electron chi connectivity index (χ4n) is 2.12. The number of hydrogen-bond donors (Lipinski definition) is 3. The monoisotopic (exact) mass is 304 g/mol. The highest BCUT2D eigenvalue weighted by Crippen LogP contribution is 2.30. The standard InChI is InChI=1S/C14H22O.H3O4P/c1-13(2,3)11-14(4,5)15-12-9-7-6-8-10-12;1-5(2,3)4/h6-10H,11H2,1-5H3;(H3,1,2,3,4). The number of phosphoric acid groups is 1. The molecule has 1 aromatic rings. The number of rotatable bonds is 3. The van der Waals surface area contributed by atoms with Gasteiger partial charge in [0.25, 0.3) is 0 Å². The van der Waals surface area contributed by atoms with Crippen molar-refractivity contribution in [3.05, 3.63) is 30.3 Å².